The zero-order valence-electron chi connectivity index (χ0n) is 20.8. The molecule has 1 aromatic rings. The SMILES string of the molecule is CC12CCC3C(CCC4CC(OC(=O)N5CCCC5)CCC43C)C1=CCC2c1ccc(=O)oc1. The molecular weight excluding hydrogens is 426 g/mol. The molecule has 5 heteroatoms. The minimum Gasteiger partial charge on any atom is -0.446 e. The number of fused-ring (bicyclic) bond motifs is 5. The second-order valence-corrected chi connectivity index (χ2v) is 12.3. The van der Waals surface area contributed by atoms with Gasteiger partial charge >= 0.3 is 11.7 Å². The van der Waals surface area contributed by atoms with Crippen molar-refractivity contribution >= 4 is 6.09 Å². The average Bonchev–Trinajstić information content (AvgIpc) is 3.48. The summed E-state index contributed by atoms with van der Waals surface area (Å²) in [5, 5.41) is 0. The minimum absolute atomic E-state index is 0.0767. The Kier molecular flexibility index (Phi) is 5.46. The molecule has 4 aliphatic carbocycles. The number of hydrogen-bond donors (Lipinski definition) is 0. The zero-order valence-corrected chi connectivity index (χ0v) is 20.8. The van der Waals surface area contributed by atoms with E-state index in [0.29, 0.717) is 23.2 Å². The molecule has 1 saturated heterocycles. The molecule has 5 nitrogen and oxygen atoms in total. The monoisotopic (exact) mass is 465 g/mol. The lowest BCUT2D eigenvalue weighted by atomic mass is 9.46. The van der Waals surface area contributed by atoms with Crippen molar-refractivity contribution in [3.8, 4) is 0 Å². The molecule has 0 radical (unpaired) electrons. The molecule has 7 unspecified atom stereocenters. The Morgan fingerprint density at radius 2 is 1.91 bits per heavy atom. The van der Waals surface area contributed by atoms with Gasteiger partial charge in [-0.2, -0.15) is 0 Å². The molecule has 0 aromatic carbocycles. The summed E-state index contributed by atoms with van der Waals surface area (Å²) in [6.45, 7) is 6.73. The van der Waals surface area contributed by atoms with Crippen molar-refractivity contribution in [1.82, 2.24) is 4.90 Å². The van der Waals surface area contributed by atoms with E-state index in [4.69, 9.17) is 9.15 Å². The lowest BCUT2D eigenvalue weighted by Crippen LogP contribution is -2.52. The Hall–Kier alpha value is -2.04. The van der Waals surface area contributed by atoms with Crippen molar-refractivity contribution in [3.63, 3.8) is 0 Å². The molecule has 0 N–H and O–H groups in total. The number of rotatable bonds is 2. The van der Waals surface area contributed by atoms with Gasteiger partial charge in [-0.1, -0.05) is 25.5 Å². The first-order chi connectivity index (χ1) is 16.4. The first-order valence-electron chi connectivity index (χ1n) is 13.6. The number of likely N-dealkylation sites (tertiary alicyclic amines) is 1. The second-order valence-electron chi connectivity index (χ2n) is 12.3. The van der Waals surface area contributed by atoms with Gasteiger partial charge in [-0.3, -0.25) is 0 Å². The maximum atomic E-state index is 12.6. The van der Waals surface area contributed by atoms with Crippen molar-refractivity contribution < 1.29 is 13.9 Å². The van der Waals surface area contributed by atoms with Crippen LogP contribution in [0.1, 0.15) is 89.5 Å². The van der Waals surface area contributed by atoms with E-state index in [1.165, 1.54) is 37.7 Å². The largest absolute Gasteiger partial charge is 0.446 e. The average molecular weight is 466 g/mol. The number of carbonyl (C=O) groups is 1. The molecule has 4 fully saturated rings. The van der Waals surface area contributed by atoms with Gasteiger partial charge in [-0.25, -0.2) is 9.59 Å². The molecule has 1 amide bonds. The summed E-state index contributed by atoms with van der Waals surface area (Å²) in [5.41, 5.74) is 3.11. The third-order valence-corrected chi connectivity index (χ3v) is 10.8. The normalized spacial score (nSPS) is 41.3. The van der Waals surface area contributed by atoms with Crippen LogP contribution in [0.3, 0.4) is 0 Å². The van der Waals surface area contributed by atoms with Gasteiger partial charge in [0.05, 0.1) is 6.26 Å². The lowest BCUT2D eigenvalue weighted by molar-refractivity contribution is -0.0867. The summed E-state index contributed by atoms with van der Waals surface area (Å²) < 4.78 is 11.2. The van der Waals surface area contributed by atoms with Gasteiger partial charge in [0.1, 0.15) is 6.10 Å². The van der Waals surface area contributed by atoms with Crippen LogP contribution in [0.15, 0.2) is 39.3 Å². The van der Waals surface area contributed by atoms with Crippen LogP contribution in [-0.2, 0) is 4.74 Å². The molecule has 184 valence electrons. The van der Waals surface area contributed by atoms with Gasteiger partial charge in [0.25, 0.3) is 0 Å². The predicted molar refractivity (Wildman–Crippen MR) is 130 cm³/mol. The molecule has 2 heterocycles. The first-order valence-corrected chi connectivity index (χ1v) is 13.6. The summed E-state index contributed by atoms with van der Waals surface area (Å²) in [6, 6.07) is 3.55. The quantitative estimate of drug-likeness (QED) is 0.482. The van der Waals surface area contributed by atoms with E-state index in [0.717, 1.165) is 51.1 Å². The van der Waals surface area contributed by atoms with Crippen LogP contribution < -0.4 is 5.63 Å². The molecule has 5 aliphatic rings. The van der Waals surface area contributed by atoms with Gasteiger partial charge in [0.15, 0.2) is 0 Å². The summed E-state index contributed by atoms with van der Waals surface area (Å²) in [5.74, 6) is 2.47. The van der Waals surface area contributed by atoms with E-state index in [1.807, 2.05) is 11.0 Å². The molecule has 34 heavy (non-hydrogen) atoms. The van der Waals surface area contributed by atoms with Crippen LogP contribution in [0.4, 0.5) is 4.79 Å². The predicted octanol–water partition coefficient (Wildman–Crippen LogP) is 6.29. The second kappa shape index (κ2) is 8.27. The van der Waals surface area contributed by atoms with E-state index in [1.54, 1.807) is 17.9 Å². The number of allylic oxidation sites excluding steroid dienone is 2. The Morgan fingerprint density at radius 3 is 2.68 bits per heavy atom. The van der Waals surface area contributed by atoms with Gasteiger partial charge in [0, 0.05) is 19.2 Å². The van der Waals surface area contributed by atoms with E-state index < -0.39 is 0 Å². The van der Waals surface area contributed by atoms with Crippen LogP contribution >= 0.6 is 0 Å². The number of amides is 1. The highest BCUT2D eigenvalue weighted by molar-refractivity contribution is 5.68. The van der Waals surface area contributed by atoms with Crippen LogP contribution in [0, 0.1) is 28.6 Å². The van der Waals surface area contributed by atoms with Crippen molar-refractivity contribution in [3.05, 3.63) is 46.0 Å². The summed E-state index contributed by atoms with van der Waals surface area (Å²) in [4.78, 5) is 26.0. The summed E-state index contributed by atoms with van der Waals surface area (Å²) in [7, 11) is 0. The molecular formula is C29H39NO4. The third kappa shape index (κ3) is 3.48. The number of ether oxygens (including phenoxy) is 1. The Morgan fingerprint density at radius 1 is 1.09 bits per heavy atom. The lowest BCUT2D eigenvalue weighted by Gasteiger charge is -2.59. The van der Waals surface area contributed by atoms with E-state index in [9.17, 15) is 9.59 Å². The molecule has 1 aliphatic heterocycles. The van der Waals surface area contributed by atoms with Gasteiger partial charge < -0.3 is 14.1 Å². The minimum atomic E-state index is -0.267. The van der Waals surface area contributed by atoms with Crippen LogP contribution in [0.25, 0.3) is 0 Å². The van der Waals surface area contributed by atoms with E-state index in [-0.39, 0.29) is 23.2 Å². The highest BCUT2D eigenvalue weighted by Gasteiger charge is 2.58. The van der Waals surface area contributed by atoms with E-state index in [2.05, 4.69) is 19.9 Å². The topological polar surface area (TPSA) is 59.8 Å². The molecule has 0 bridgehead atoms. The van der Waals surface area contributed by atoms with Crippen LogP contribution in [-0.4, -0.2) is 30.2 Å². The summed E-state index contributed by atoms with van der Waals surface area (Å²) in [6.07, 6.45) is 15.7. The van der Waals surface area contributed by atoms with Crippen LogP contribution in [0.2, 0.25) is 0 Å². The fraction of sp³-hybridized carbons (Fsp3) is 0.724. The number of nitrogens with zero attached hydrogens (tertiary/aromatic N) is 1. The van der Waals surface area contributed by atoms with Crippen molar-refractivity contribution in [2.45, 2.75) is 90.1 Å². The standard InChI is InChI=1S/C29H39NO4/c1-28-13-11-21(34-27(32)30-15-3-4-16-30)17-20(28)6-7-22-24-9-8-23(19-5-10-26(31)33-18-19)29(24,2)14-12-25(22)28/h5,9-10,18,20-23,25H,3-4,6-8,11-17H2,1-2H3. The highest BCUT2D eigenvalue weighted by atomic mass is 16.6. The Bertz CT molecular complexity index is 1020. The van der Waals surface area contributed by atoms with Gasteiger partial charge in [0.2, 0.25) is 0 Å². The third-order valence-electron chi connectivity index (χ3n) is 10.8. The van der Waals surface area contributed by atoms with Crippen molar-refractivity contribution in [1.29, 1.82) is 0 Å². The smallest absolute Gasteiger partial charge is 0.410 e. The molecule has 3 saturated carbocycles. The number of hydrogen-bond acceptors (Lipinski definition) is 4. The first kappa shape index (κ1) is 22.4. The van der Waals surface area contributed by atoms with E-state index >= 15 is 0 Å². The maximum Gasteiger partial charge on any atom is 0.410 e. The fourth-order valence-corrected chi connectivity index (χ4v) is 8.84. The maximum absolute atomic E-state index is 12.6. The van der Waals surface area contributed by atoms with Crippen LogP contribution in [0.5, 0.6) is 0 Å². The van der Waals surface area contributed by atoms with Crippen molar-refractivity contribution in [2.75, 3.05) is 13.1 Å². The summed E-state index contributed by atoms with van der Waals surface area (Å²) >= 11 is 0. The fourth-order valence-electron chi connectivity index (χ4n) is 8.84. The molecule has 0 spiro atoms. The molecule has 7 atom stereocenters. The number of carbonyl (C=O) groups excluding carboxylic acids is 1. The van der Waals surface area contributed by atoms with Crippen molar-refractivity contribution in [2.24, 2.45) is 28.6 Å². The Balaban J connectivity index is 1.16. The van der Waals surface area contributed by atoms with Gasteiger partial charge in [-0.15, -0.1) is 0 Å². The molecule has 1 aromatic heterocycles. The zero-order chi connectivity index (χ0) is 23.5. The molecule has 6 rings (SSSR count). The van der Waals surface area contributed by atoms with Gasteiger partial charge in [-0.05, 0) is 110 Å². The Labute approximate surface area is 202 Å². The highest BCUT2D eigenvalue weighted by Crippen LogP contribution is 2.67.